The Hall–Kier alpha value is -8.40. The van der Waals surface area contributed by atoms with Gasteiger partial charge in [-0.2, -0.15) is 0 Å². The van der Waals surface area contributed by atoms with Gasteiger partial charge in [-0.3, -0.25) is 0 Å². The maximum absolute atomic E-state index is 6.67. The number of nitrogens with zero attached hydrogens (tertiary/aromatic N) is 2. The minimum Gasteiger partial charge on any atom is -0.457 e. The number of anilines is 5. The van der Waals surface area contributed by atoms with Crippen LogP contribution in [0.4, 0.5) is 28.4 Å². The van der Waals surface area contributed by atoms with E-state index in [1.165, 1.54) is 11.1 Å². The zero-order chi connectivity index (χ0) is 44.3. The third-order valence-corrected chi connectivity index (χ3v) is 12.6. The third kappa shape index (κ3) is 7.04. The molecule has 0 unspecified atom stereocenters. The third-order valence-electron chi connectivity index (χ3n) is 12.6. The first-order valence-corrected chi connectivity index (χ1v) is 22.1. The molecule has 0 bridgehead atoms. The average molecular weight is 837 g/mol. The number of rotatable bonds is 11. The summed E-state index contributed by atoms with van der Waals surface area (Å²) in [6, 6.07) is 71.3. The van der Waals surface area contributed by atoms with Gasteiger partial charge in [0.2, 0.25) is 0 Å². The number of fused-ring (bicyclic) bond motifs is 6. The first-order valence-electron chi connectivity index (χ1n) is 22.1. The van der Waals surface area contributed by atoms with Crippen molar-refractivity contribution < 1.29 is 4.74 Å². The highest BCUT2D eigenvalue weighted by Crippen LogP contribution is 2.61. The van der Waals surface area contributed by atoms with Crippen LogP contribution in [0, 0.1) is 0 Å². The van der Waals surface area contributed by atoms with Crippen molar-refractivity contribution in [1.29, 1.82) is 0 Å². The SMILES string of the molecule is C=C/C=C(\C=C/C)c1ccc(N(c2ccc(-c3ccccc3)cc2)c2ccc(-c3ccc4c(c3)C3(C(C=C)=C(C=C)N4c4ccccc4)c4ccccc4Oc4ccccc43)cc2)cc1. The molecule has 0 atom stereocenters. The molecule has 3 heteroatoms. The minimum absolute atomic E-state index is 0.754. The van der Waals surface area contributed by atoms with Gasteiger partial charge in [0, 0.05) is 33.9 Å². The molecular formula is C62H48N2O. The Labute approximate surface area is 382 Å². The second-order valence-electron chi connectivity index (χ2n) is 16.2. The molecule has 0 radical (unpaired) electrons. The highest BCUT2D eigenvalue weighted by molar-refractivity contribution is 5.88. The Bertz CT molecular complexity index is 3110. The molecule has 8 aromatic carbocycles. The fraction of sp³-hybridized carbons (Fsp3) is 0.0323. The molecule has 2 heterocycles. The van der Waals surface area contributed by atoms with Crippen LogP contribution in [0.3, 0.4) is 0 Å². The summed E-state index contributed by atoms with van der Waals surface area (Å²) in [6.45, 7) is 14.9. The van der Waals surface area contributed by atoms with Crippen LogP contribution < -0.4 is 14.5 Å². The molecule has 312 valence electrons. The molecule has 0 aliphatic carbocycles. The summed E-state index contributed by atoms with van der Waals surface area (Å²) in [5, 5.41) is 0. The van der Waals surface area contributed by atoms with Gasteiger partial charge >= 0.3 is 0 Å². The standard InChI is InChI=1S/C62H48N2O/c1-5-19-44(20-6-2)46-29-36-51(37-30-46)63(52-38-31-47(32-39-52)45-21-11-9-12-22-45)53-40-33-48(34-41-53)49-35-42-59-57(43-49)62(54(7-3)58(8-4)64(59)50-23-13-10-14-24-50)55-25-15-17-27-60(55)65-61-28-18-16-26-56(61)62/h5-43H,1,3-4H2,2H3/b20-6-,44-19+. The summed E-state index contributed by atoms with van der Waals surface area (Å²) in [5.74, 6) is 1.64. The van der Waals surface area contributed by atoms with Crippen molar-refractivity contribution in [3.05, 3.63) is 290 Å². The molecule has 2 aliphatic heterocycles. The van der Waals surface area contributed by atoms with Crippen molar-refractivity contribution >= 4 is 34.0 Å². The molecule has 2 aliphatic rings. The van der Waals surface area contributed by atoms with E-state index in [4.69, 9.17) is 4.74 Å². The van der Waals surface area contributed by atoms with Crippen LogP contribution in [0.1, 0.15) is 29.2 Å². The van der Waals surface area contributed by atoms with Crippen LogP contribution in [-0.2, 0) is 5.41 Å². The van der Waals surface area contributed by atoms with Crippen LogP contribution in [0.25, 0.3) is 27.8 Å². The quantitative estimate of drug-likeness (QED) is 0.121. The van der Waals surface area contributed by atoms with Gasteiger partial charge in [0.25, 0.3) is 0 Å². The van der Waals surface area contributed by atoms with Crippen LogP contribution in [0.15, 0.2) is 268 Å². The van der Waals surface area contributed by atoms with Crippen molar-refractivity contribution in [1.82, 2.24) is 0 Å². The van der Waals surface area contributed by atoms with Crippen LogP contribution >= 0.6 is 0 Å². The first kappa shape index (κ1) is 40.7. The minimum atomic E-state index is -0.754. The lowest BCUT2D eigenvalue weighted by atomic mass is 9.60. The second-order valence-corrected chi connectivity index (χ2v) is 16.2. The van der Waals surface area contributed by atoms with E-state index in [1.807, 2.05) is 43.4 Å². The molecule has 8 aromatic rings. The van der Waals surface area contributed by atoms with Crippen molar-refractivity contribution in [2.24, 2.45) is 0 Å². The molecule has 0 saturated carbocycles. The molecule has 0 N–H and O–H groups in total. The van der Waals surface area contributed by atoms with E-state index >= 15 is 0 Å². The number of hydrogen-bond acceptors (Lipinski definition) is 3. The lowest BCUT2D eigenvalue weighted by Crippen LogP contribution is -2.41. The van der Waals surface area contributed by atoms with Gasteiger partial charge in [-0.1, -0.05) is 178 Å². The van der Waals surface area contributed by atoms with E-state index in [9.17, 15) is 0 Å². The first-order chi connectivity index (χ1) is 32.1. The summed E-state index contributed by atoms with van der Waals surface area (Å²) in [4.78, 5) is 4.64. The Kier molecular flexibility index (Phi) is 10.9. The van der Waals surface area contributed by atoms with Crippen LogP contribution in [0.2, 0.25) is 0 Å². The van der Waals surface area contributed by atoms with E-state index in [0.29, 0.717) is 0 Å². The van der Waals surface area contributed by atoms with E-state index < -0.39 is 5.41 Å². The van der Waals surface area contributed by atoms with Gasteiger partial charge in [0.05, 0.1) is 16.8 Å². The maximum atomic E-state index is 6.67. The lowest BCUT2D eigenvalue weighted by molar-refractivity contribution is 0.433. The van der Waals surface area contributed by atoms with Crippen molar-refractivity contribution in [3.63, 3.8) is 0 Å². The zero-order valence-corrected chi connectivity index (χ0v) is 36.4. The van der Waals surface area contributed by atoms with Gasteiger partial charge in [0.1, 0.15) is 11.5 Å². The highest BCUT2D eigenvalue weighted by atomic mass is 16.5. The predicted octanol–water partition coefficient (Wildman–Crippen LogP) is 16.9. The van der Waals surface area contributed by atoms with Gasteiger partial charge in [-0.25, -0.2) is 0 Å². The van der Waals surface area contributed by atoms with Crippen molar-refractivity contribution in [2.45, 2.75) is 12.3 Å². The molecule has 0 aromatic heterocycles. The largest absolute Gasteiger partial charge is 0.457 e. The second kappa shape index (κ2) is 17.4. The Morgan fingerprint density at radius 2 is 1.03 bits per heavy atom. The molecule has 0 fully saturated rings. The summed E-state index contributed by atoms with van der Waals surface area (Å²) in [5.41, 5.74) is 16.6. The molecular weight excluding hydrogens is 789 g/mol. The Balaban J connectivity index is 1.13. The van der Waals surface area contributed by atoms with Crippen LogP contribution in [0.5, 0.6) is 11.5 Å². The molecule has 1 spiro atoms. The molecule has 0 amide bonds. The normalized spacial score (nSPS) is 13.7. The van der Waals surface area contributed by atoms with E-state index in [-0.39, 0.29) is 0 Å². The highest BCUT2D eigenvalue weighted by Gasteiger charge is 2.51. The molecule has 3 nitrogen and oxygen atoms in total. The summed E-state index contributed by atoms with van der Waals surface area (Å²) < 4.78 is 6.67. The topological polar surface area (TPSA) is 15.7 Å². The number of para-hydroxylation sites is 3. The fourth-order valence-corrected chi connectivity index (χ4v) is 9.73. The van der Waals surface area contributed by atoms with Crippen molar-refractivity contribution in [2.75, 3.05) is 9.80 Å². The number of ether oxygens (including phenoxy) is 1. The number of benzene rings is 8. The Morgan fingerprint density at radius 1 is 0.523 bits per heavy atom. The van der Waals surface area contributed by atoms with E-state index in [1.54, 1.807) is 0 Å². The smallest absolute Gasteiger partial charge is 0.132 e. The van der Waals surface area contributed by atoms with Crippen LogP contribution in [-0.4, -0.2) is 0 Å². The zero-order valence-electron chi connectivity index (χ0n) is 36.4. The lowest BCUT2D eigenvalue weighted by Gasteiger charge is -2.49. The van der Waals surface area contributed by atoms with Gasteiger partial charge in [-0.05, 0) is 130 Å². The predicted molar refractivity (Wildman–Crippen MR) is 274 cm³/mol. The van der Waals surface area contributed by atoms with E-state index in [0.717, 1.165) is 90.2 Å². The summed E-state index contributed by atoms with van der Waals surface area (Å²) in [7, 11) is 0. The monoisotopic (exact) mass is 836 g/mol. The van der Waals surface area contributed by atoms with E-state index in [2.05, 4.69) is 230 Å². The van der Waals surface area contributed by atoms with Gasteiger partial charge in [0.15, 0.2) is 0 Å². The van der Waals surface area contributed by atoms with Gasteiger partial charge < -0.3 is 14.5 Å². The van der Waals surface area contributed by atoms with Crippen molar-refractivity contribution in [3.8, 4) is 33.8 Å². The molecule has 0 saturated heterocycles. The number of allylic oxidation sites excluding steroid dienone is 8. The summed E-state index contributed by atoms with van der Waals surface area (Å²) >= 11 is 0. The average Bonchev–Trinajstić information content (AvgIpc) is 3.37. The summed E-state index contributed by atoms with van der Waals surface area (Å²) in [6.07, 6.45) is 12.0. The fourth-order valence-electron chi connectivity index (χ4n) is 9.73. The van der Waals surface area contributed by atoms with Gasteiger partial charge in [-0.15, -0.1) is 0 Å². The Morgan fingerprint density at radius 3 is 1.58 bits per heavy atom. The molecule has 65 heavy (non-hydrogen) atoms. The maximum Gasteiger partial charge on any atom is 0.132 e. The molecule has 10 rings (SSSR count). The number of hydrogen-bond donors (Lipinski definition) is 0.